The second-order valence-corrected chi connectivity index (χ2v) is 9.04. The number of carbonyl (C=O) groups excluding carboxylic acids is 2. The highest BCUT2D eigenvalue weighted by molar-refractivity contribution is 7.89. The fraction of sp³-hybridized carbons (Fsp3) is 0.286. The van der Waals surface area contributed by atoms with Gasteiger partial charge in [0.1, 0.15) is 6.61 Å². The van der Waals surface area contributed by atoms with E-state index in [9.17, 15) is 27.9 Å². The van der Waals surface area contributed by atoms with Crippen LogP contribution in [0.5, 0.6) is 0 Å². The summed E-state index contributed by atoms with van der Waals surface area (Å²) in [5.74, 6) is -0.558. The largest absolute Gasteiger partial charge is 0.465 e. The zero-order valence-electron chi connectivity index (χ0n) is 17.5. The summed E-state index contributed by atoms with van der Waals surface area (Å²) in [5, 5.41) is 19.8. The van der Waals surface area contributed by atoms with E-state index in [1.54, 1.807) is 0 Å². The van der Waals surface area contributed by atoms with Crippen LogP contribution in [0.4, 0.5) is 9.59 Å². The minimum atomic E-state index is -3.90. The zero-order valence-corrected chi connectivity index (χ0v) is 18.3. The third-order valence-electron chi connectivity index (χ3n) is 5.16. The molecule has 0 bridgehead atoms. The smallest absolute Gasteiger partial charge is 0.407 e. The number of likely N-dealkylation sites (tertiary alicyclic amines) is 1. The van der Waals surface area contributed by atoms with Gasteiger partial charge in [-0.1, -0.05) is 30.3 Å². The van der Waals surface area contributed by atoms with E-state index in [0.717, 1.165) is 10.5 Å². The lowest BCUT2D eigenvalue weighted by Gasteiger charge is -2.37. The minimum absolute atomic E-state index is 0.0417. The molecule has 2 aromatic rings. The van der Waals surface area contributed by atoms with E-state index in [2.05, 4.69) is 10.6 Å². The summed E-state index contributed by atoms with van der Waals surface area (Å²) in [6.07, 6.45) is -1.57. The molecule has 176 valence electrons. The van der Waals surface area contributed by atoms with Gasteiger partial charge in [-0.3, -0.25) is 4.79 Å². The van der Waals surface area contributed by atoms with Gasteiger partial charge in [0.15, 0.2) is 0 Å². The normalized spacial score (nSPS) is 18.3. The van der Waals surface area contributed by atoms with Crippen LogP contribution in [0.3, 0.4) is 0 Å². The number of nitrogens with zero attached hydrogens (tertiary/aromatic N) is 1. The lowest BCUT2D eigenvalue weighted by molar-refractivity contribution is 0.0829. The van der Waals surface area contributed by atoms with Crippen LogP contribution in [0.15, 0.2) is 59.5 Å². The number of amides is 3. The quantitative estimate of drug-likeness (QED) is 0.484. The molecule has 3 rings (SSSR count). The Balaban J connectivity index is 1.66. The number of primary sulfonamides is 1. The molecule has 0 saturated carbocycles. The third-order valence-corrected chi connectivity index (χ3v) is 6.09. The Morgan fingerprint density at radius 2 is 1.70 bits per heavy atom. The summed E-state index contributed by atoms with van der Waals surface area (Å²) in [4.78, 5) is 37.4. The Morgan fingerprint density at radius 1 is 1.03 bits per heavy atom. The molecule has 0 radical (unpaired) electrons. The van der Waals surface area contributed by atoms with E-state index < -0.39 is 40.2 Å². The number of hydrogen-bond acceptors (Lipinski definition) is 6. The van der Waals surface area contributed by atoms with Crippen molar-refractivity contribution in [2.45, 2.75) is 30.0 Å². The molecule has 0 unspecified atom stereocenters. The van der Waals surface area contributed by atoms with Crippen LogP contribution < -0.4 is 15.8 Å². The van der Waals surface area contributed by atoms with E-state index >= 15 is 0 Å². The van der Waals surface area contributed by atoms with E-state index in [-0.39, 0.29) is 36.6 Å². The summed E-state index contributed by atoms with van der Waals surface area (Å²) < 4.78 is 28.0. The van der Waals surface area contributed by atoms with Crippen molar-refractivity contribution in [3.8, 4) is 0 Å². The van der Waals surface area contributed by atoms with Gasteiger partial charge in [0.05, 0.1) is 17.0 Å². The number of nitrogens with one attached hydrogen (secondary N) is 2. The Hall–Kier alpha value is -3.64. The molecule has 1 fully saturated rings. The van der Waals surface area contributed by atoms with Crippen LogP contribution in [-0.4, -0.2) is 61.7 Å². The van der Waals surface area contributed by atoms with Crippen LogP contribution in [-0.2, 0) is 21.4 Å². The van der Waals surface area contributed by atoms with Crippen LogP contribution in [0.1, 0.15) is 22.3 Å². The molecule has 5 N–H and O–H groups in total. The minimum Gasteiger partial charge on any atom is -0.465 e. The Kier molecular flexibility index (Phi) is 7.51. The average molecular weight is 477 g/mol. The Labute approximate surface area is 190 Å². The monoisotopic (exact) mass is 476 g/mol. The first-order chi connectivity index (χ1) is 15.6. The third kappa shape index (κ3) is 6.67. The average Bonchev–Trinajstić information content (AvgIpc) is 2.79. The van der Waals surface area contributed by atoms with E-state index in [4.69, 9.17) is 9.88 Å². The Bertz CT molecular complexity index is 1110. The number of benzene rings is 2. The summed E-state index contributed by atoms with van der Waals surface area (Å²) >= 11 is 0. The van der Waals surface area contributed by atoms with Crippen molar-refractivity contribution in [1.29, 1.82) is 0 Å². The number of carbonyl (C=O) groups is 3. The number of carboxylic acid groups (broad SMARTS) is 1. The number of ether oxygens (including phenoxy) is 1. The molecule has 33 heavy (non-hydrogen) atoms. The predicted octanol–water partition coefficient (Wildman–Crippen LogP) is 1.11. The number of nitrogens with two attached hydrogens (primary N) is 1. The molecule has 2 aromatic carbocycles. The summed E-state index contributed by atoms with van der Waals surface area (Å²) in [6.45, 7) is 0.197. The van der Waals surface area contributed by atoms with Crippen molar-refractivity contribution >= 4 is 28.1 Å². The second-order valence-electron chi connectivity index (χ2n) is 7.48. The first-order valence-corrected chi connectivity index (χ1v) is 11.6. The fourth-order valence-electron chi connectivity index (χ4n) is 3.41. The summed E-state index contributed by atoms with van der Waals surface area (Å²) in [5.41, 5.74) is 0.960. The molecule has 1 aliphatic heterocycles. The van der Waals surface area contributed by atoms with Crippen LogP contribution in [0.2, 0.25) is 0 Å². The molecule has 1 saturated heterocycles. The number of piperidine rings is 1. The molecule has 2 atom stereocenters. The highest BCUT2D eigenvalue weighted by atomic mass is 32.2. The van der Waals surface area contributed by atoms with Crippen molar-refractivity contribution in [2.75, 3.05) is 13.1 Å². The molecule has 3 amide bonds. The lowest BCUT2D eigenvalue weighted by atomic mass is 9.99. The van der Waals surface area contributed by atoms with E-state index in [1.807, 2.05) is 30.3 Å². The number of alkyl carbamates (subject to hydrolysis) is 1. The molecule has 1 heterocycles. The maximum atomic E-state index is 12.7. The molecule has 1 aliphatic rings. The molecule has 0 aromatic heterocycles. The van der Waals surface area contributed by atoms with Crippen molar-refractivity contribution in [3.63, 3.8) is 0 Å². The molecule has 12 heteroatoms. The summed E-state index contributed by atoms with van der Waals surface area (Å²) in [7, 11) is -3.90. The topological polar surface area (TPSA) is 168 Å². The SMILES string of the molecule is NS(=O)(=O)c1ccc(C(=O)N[C@H]2CN(C(=O)O)CC[C@H]2NC(=O)OCc2ccccc2)cc1. The van der Waals surface area contributed by atoms with Gasteiger partial charge in [-0.05, 0) is 36.2 Å². The molecule has 0 spiro atoms. The maximum Gasteiger partial charge on any atom is 0.407 e. The fourth-order valence-corrected chi connectivity index (χ4v) is 3.92. The number of sulfonamides is 1. The number of hydrogen-bond donors (Lipinski definition) is 4. The van der Waals surface area contributed by atoms with Crippen molar-refractivity contribution in [1.82, 2.24) is 15.5 Å². The van der Waals surface area contributed by atoms with Crippen molar-refractivity contribution < 1.29 is 32.6 Å². The van der Waals surface area contributed by atoms with Gasteiger partial charge in [-0.25, -0.2) is 23.1 Å². The lowest BCUT2D eigenvalue weighted by Crippen LogP contribution is -2.61. The van der Waals surface area contributed by atoms with E-state index in [0.29, 0.717) is 0 Å². The van der Waals surface area contributed by atoms with Gasteiger partial charge in [-0.2, -0.15) is 0 Å². The van der Waals surface area contributed by atoms with Crippen LogP contribution in [0.25, 0.3) is 0 Å². The van der Waals surface area contributed by atoms with Gasteiger partial charge >= 0.3 is 12.2 Å². The highest BCUT2D eigenvalue weighted by Gasteiger charge is 2.34. The zero-order chi connectivity index (χ0) is 24.0. The number of rotatable bonds is 6. The summed E-state index contributed by atoms with van der Waals surface area (Å²) in [6, 6.07) is 12.8. The van der Waals surface area contributed by atoms with Gasteiger partial charge in [0.25, 0.3) is 5.91 Å². The van der Waals surface area contributed by atoms with Gasteiger partial charge < -0.3 is 25.4 Å². The first-order valence-electron chi connectivity index (χ1n) is 10.0. The van der Waals surface area contributed by atoms with Gasteiger partial charge in [0.2, 0.25) is 10.0 Å². The second kappa shape index (κ2) is 10.3. The Morgan fingerprint density at radius 3 is 2.30 bits per heavy atom. The molecular weight excluding hydrogens is 452 g/mol. The van der Waals surface area contributed by atoms with Crippen LogP contribution in [0, 0.1) is 0 Å². The molecule has 11 nitrogen and oxygen atoms in total. The van der Waals surface area contributed by atoms with E-state index in [1.165, 1.54) is 24.3 Å². The van der Waals surface area contributed by atoms with Crippen molar-refractivity contribution in [2.24, 2.45) is 5.14 Å². The molecular formula is C21H24N4O7S. The standard InChI is InChI=1S/C21H24N4O7S/c22-33(30,31)16-8-6-15(7-9-16)19(26)23-18-12-25(21(28)29)11-10-17(18)24-20(27)32-13-14-4-2-1-3-5-14/h1-9,17-18H,10-13H2,(H,23,26)(H,24,27)(H,28,29)(H2,22,30,31)/t17-,18+/m1/s1. The van der Waals surface area contributed by atoms with Crippen LogP contribution >= 0.6 is 0 Å². The first kappa shape index (κ1) is 24.0. The maximum absolute atomic E-state index is 12.7. The van der Waals surface area contributed by atoms with Crippen molar-refractivity contribution in [3.05, 3.63) is 65.7 Å². The van der Waals surface area contributed by atoms with Gasteiger partial charge in [-0.15, -0.1) is 0 Å². The molecule has 0 aliphatic carbocycles. The highest BCUT2D eigenvalue weighted by Crippen LogP contribution is 2.14. The van der Waals surface area contributed by atoms with Gasteiger partial charge in [0, 0.05) is 18.7 Å². The predicted molar refractivity (Wildman–Crippen MR) is 117 cm³/mol.